The van der Waals surface area contributed by atoms with Crippen molar-refractivity contribution in [1.29, 1.82) is 0 Å². The van der Waals surface area contributed by atoms with Gasteiger partial charge in [0.15, 0.2) is 23.0 Å². The number of fused-ring (bicyclic) bond motifs is 6. The van der Waals surface area contributed by atoms with Crippen LogP contribution in [-0.4, -0.2) is 43.7 Å². The molecule has 0 aliphatic carbocycles. The van der Waals surface area contributed by atoms with E-state index in [1.807, 2.05) is 57.3 Å². The van der Waals surface area contributed by atoms with Gasteiger partial charge in [-0.25, -0.2) is 18.7 Å². The van der Waals surface area contributed by atoms with E-state index in [9.17, 15) is 8.78 Å². The van der Waals surface area contributed by atoms with E-state index in [-0.39, 0.29) is 18.2 Å². The summed E-state index contributed by atoms with van der Waals surface area (Å²) in [4.78, 5) is 15.0. The van der Waals surface area contributed by atoms with E-state index in [1.165, 1.54) is 4.52 Å². The normalized spacial score (nSPS) is 17.8. The number of halogens is 4. The maximum absolute atomic E-state index is 14.1. The maximum atomic E-state index is 14.1. The fraction of sp³-hybridized carbons (Fsp3) is 0.300. The Morgan fingerprint density at radius 3 is 2.79 bits per heavy atom. The first-order valence-corrected chi connectivity index (χ1v) is 12.1. The van der Waals surface area contributed by atoms with Gasteiger partial charge in [0.2, 0.25) is 5.95 Å². The van der Waals surface area contributed by atoms with Gasteiger partial charge >= 0.3 is 1.80 Å². The summed E-state index contributed by atoms with van der Waals surface area (Å²) < 4.78 is 40.3. The van der Waals surface area contributed by atoms with Gasteiger partial charge < -0.3 is 15.2 Å². The summed E-state index contributed by atoms with van der Waals surface area (Å²) in [6.45, 7) is 0.777. The van der Waals surface area contributed by atoms with Gasteiger partial charge in [0.1, 0.15) is 5.52 Å². The quantitative estimate of drug-likeness (QED) is 0.258. The van der Waals surface area contributed by atoms with Crippen molar-refractivity contribution in [3.8, 4) is 11.5 Å². The highest BCUT2D eigenvalue weighted by Crippen LogP contribution is 2.49. The molecule has 0 amide bonds. The Kier molecular flexibility index (Phi) is 4.99. The molecule has 0 radical (unpaired) electrons. The van der Waals surface area contributed by atoms with Gasteiger partial charge in [-0.3, -0.25) is 9.88 Å². The van der Waals surface area contributed by atoms with Crippen LogP contribution in [0.1, 0.15) is 17.1 Å². The Morgan fingerprint density at radius 2 is 2.00 bits per heavy atom. The smallest absolute Gasteiger partial charge is 0.355 e. The number of hydrogen-bond donors (Lipinski definition) is 1. The molecular weight excluding hydrogens is 662 g/mol. The van der Waals surface area contributed by atoms with E-state index in [4.69, 9.17) is 15.2 Å². The van der Waals surface area contributed by atoms with Crippen molar-refractivity contribution in [1.82, 2.24) is 29.5 Å². The van der Waals surface area contributed by atoms with Crippen LogP contribution in [0, 0.1) is 0 Å². The number of aromatic nitrogens is 5. The van der Waals surface area contributed by atoms with Crippen molar-refractivity contribution in [2.45, 2.75) is 33.8 Å². The number of nitrogen functional groups attached to an aromatic ring is 1. The molecule has 5 heterocycles. The molecule has 1 unspecified atom stereocenters. The highest BCUT2D eigenvalue weighted by atomic mass is 127. The molecular formula is C20H15F2I2N7O2. The van der Waals surface area contributed by atoms with Crippen LogP contribution >= 0.6 is 45.2 Å². The third kappa shape index (κ3) is 3.63. The number of nitrogens with zero attached hydrogens (tertiary/aromatic N) is 6. The molecule has 33 heavy (non-hydrogen) atoms. The zero-order chi connectivity index (χ0) is 22.9. The molecule has 9 nitrogen and oxygen atoms in total. The lowest BCUT2D eigenvalue weighted by Crippen LogP contribution is -2.38. The summed E-state index contributed by atoms with van der Waals surface area (Å²) in [7, 11) is 0. The number of ether oxygens (including phenoxy) is 2. The van der Waals surface area contributed by atoms with E-state index in [0.29, 0.717) is 41.1 Å². The maximum Gasteiger partial charge on any atom is 0.355 e. The topological polar surface area (TPSA) is 104 Å². The Labute approximate surface area is 212 Å². The summed E-state index contributed by atoms with van der Waals surface area (Å²) in [5.41, 5.74) is 8.85. The minimum absolute atomic E-state index is 0.0383. The lowest BCUT2D eigenvalue weighted by molar-refractivity contribution is 0.0216. The van der Waals surface area contributed by atoms with Crippen LogP contribution < -0.4 is 15.2 Å². The Hall–Kier alpha value is -2.14. The minimum atomic E-state index is -2.58. The summed E-state index contributed by atoms with van der Waals surface area (Å²) in [6, 6.07) is 6.23. The van der Waals surface area contributed by atoms with Crippen molar-refractivity contribution < 1.29 is 18.3 Å². The summed E-state index contributed by atoms with van der Waals surface area (Å²) in [6.07, 6.45) is -0.938. The lowest BCUT2D eigenvalue weighted by Gasteiger charge is -2.25. The predicted octanol–water partition coefficient (Wildman–Crippen LogP) is 3.70. The van der Waals surface area contributed by atoms with Gasteiger partial charge in [0.05, 0.1) is 11.7 Å². The predicted molar refractivity (Wildman–Crippen MR) is 132 cm³/mol. The van der Waals surface area contributed by atoms with Gasteiger partial charge in [-0.15, -0.1) is 5.10 Å². The second-order valence-electron chi connectivity index (χ2n) is 7.81. The molecule has 4 aromatic rings. The molecule has 2 aliphatic rings. The summed E-state index contributed by atoms with van der Waals surface area (Å²) in [5.74, 6) is 1.35. The van der Waals surface area contributed by atoms with Gasteiger partial charge in [-0.1, -0.05) is 6.07 Å². The molecule has 0 saturated heterocycles. The zero-order valence-corrected chi connectivity index (χ0v) is 21.1. The van der Waals surface area contributed by atoms with Crippen molar-refractivity contribution in [2.24, 2.45) is 0 Å². The minimum Gasteiger partial charge on any atom is -0.432 e. The van der Waals surface area contributed by atoms with Gasteiger partial charge in [0.25, 0.3) is 6.43 Å². The second kappa shape index (κ2) is 7.69. The largest absolute Gasteiger partial charge is 0.432 e. The van der Waals surface area contributed by atoms with Crippen molar-refractivity contribution in [2.75, 3.05) is 5.73 Å². The van der Waals surface area contributed by atoms with E-state index in [2.05, 4.69) is 20.1 Å². The monoisotopic (exact) mass is 677 g/mol. The van der Waals surface area contributed by atoms with Crippen molar-refractivity contribution in [3.05, 3.63) is 47.5 Å². The standard InChI is InChI=1S/C20H15F2I2N7O2/c21-17(22)12(30-7-9-2-1-5-26-11(9)8-30)6-14-27-18-10-3-4-13-16(33-20(23,24)32-13)15(10)28-19(25)31(18)29-14/h1-5,12,17H,6-8H2,(H2,25,28). The molecule has 0 bridgehead atoms. The van der Waals surface area contributed by atoms with E-state index < -0.39 is 14.3 Å². The van der Waals surface area contributed by atoms with Crippen LogP contribution in [0.15, 0.2) is 30.5 Å². The highest BCUT2D eigenvalue weighted by molar-refractivity contribution is 14.2. The highest BCUT2D eigenvalue weighted by Gasteiger charge is 2.38. The molecule has 0 spiro atoms. The SMILES string of the molecule is Nc1nc2c3c(ccc2c2nc(CC(C(F)F)N4Cc5cccnc5C4)nn12)OC(I)(I)O3. The van der Waals surface area contributed by atoms with Crippen LogP contribution in [0.25, 0.3) is 16.6 Å². The number of pyridine rings is 1. The molecule has 0 saturated carbocycles. The molecule has 2 N–H and O–H groups in total. The number of hydrogen-bond acceptors (Lipinski definition) is 8. The van der Waals surface area contributed by atoms with Crippen LogP contribution in [0.2, 0.25) is 0 Å². The number of nitrogens with two attached hydrogens (primary N) is 1. The molecule has 170 valence electrons. The molecule has 1 aromatic carbocycles. The number of anilines is 1. The first-order valence-electron chi connectivity index (χ1n) is 9.98. The number of rotatable bonds is 4. The van der Waals surface area contributed by atoms with Crippen LogP contribution in [0.3, 0.4) is 0 Å². The van der Waals surface area contributed by atoms with Gasteiger partial charge in [0, 0.05) is 76.3 Å². The van der Waals surface area contributed by atoms with Crippen molar-refractivity contribution in [3.63, 3.8) is 0 Å². The van der Waals surface area contributed by atoms with Crippen LogP contribution in [-0.2, 0) is 19.5 Å². The molecule has 13 heteroatoms. The zero-order valence-electron chi connectivity index (χ0n) is 16.8. The molecule has 3 aromatic heterocycles. The fourth-order valence-corrected chi connectivity index (χ4v) is 5.17. The molecule has 0 fully saturated rings. The number of benzene rings is 1. The Balaban J connectivity index is 1.37. The molecule has 6 rings (SSSR count). The Bertz CT molecular complexity index is 1390. The second-order valence-corrected chi connectivity index (χ2v) is 12.7. The van der Waals surface area contributed by atoms with Crippen molar-refractivity contribution >= 4 is 67.7 Å². The number of alkyl halides is 4. The average Bonchev–Trinajstić information content (AvgIpc) is 3.45. The van der Waals surface area contributed by atoms with E-state index in [0.717, 1.165) is 11.3 Å². The van der Waals surface area contributed by atoms with Crippen LogP contribution in [0.5, 0.6) is 11.5 Å². The molecule has 2 aliphatic heterocycles. The lowest BCUT2D eigenvalue weighted by atomic mass is 10.1. The molecule has 1 atom stereocenters. The van der Waals surface area contributed by atoms with Gasteiger partial charge in [-0.05, 0) is 23.8 Å². The average molecular weight is 677 g/mol. The third-order valence-corrected chi connectivity index (χ3v) is 6.62. The fourth-order valence-electron chi connectivity index (χ4n) is 4.25. The van der Waals surface area contributed by atoms with E-state index in [1.54, 1.807) is 23.2 Å². The summed E-state index contributed by atoms with van der Waals surface area (Å²) >= 11 is 4.07. The first kappa shape index (κ1) is 21.4. The van der Waals surface area contributed by atoms with E-state index >= 15 is 0 Å². The van der Waals surface area contributed by atoms with Crippen LogP contribution in [0.4, 0.5) is 14.7 Å². The summed E-state index contributed by atoms with van der Waals surface area (Å²) in [5, 5.41) is 5.04. The van der Waals surface area contributed by atoms with Gasteiger partial charge in [-0.2, -0.15) is 4.52 Å². The first-order chi connectivity index (χ1) is 15.8. The third-order valence-electron chi connectivity index (χ3n) is 5.74. The Morgan fingerprint density at radius 1 is 1.15 bits per heavy atom.